The van der Waals surface area contributed by atoms with E-state index < -0.39 is 0 Å². The summed E-state index contributed by atoms with van der Waals surface area (Å²) in [7, 11) is 4.50. The molecule has 1 fully saturated rings. The third-order valence-corrected chi connectivity index (χ3v) is 7.13. The predicted octanol–water partition coefficient (Wildman–Crippen LogP) is 3.75. The van der Waals surface area contributed by atoms with Crippen molar-refractivity contribution in [1.82, 2.24) is 9.47 Å². The maximum absolute atomic E-state index is 10.2. The quantitative estimate of drug-likeness (QED) is 0.930. The number of benzene rings is 1. The number of piperidine rings is 1. The number of aromatic nitrogens is 1. The van der Waals surface area contributed by atoms with Gasteiger partial charge in [-0.3, -0.25) is 4.90 Å². The van der Waals surface area contributed by atoms with Crippen LogP contribution in [0.25, 0.3) is 10.9 Å². The lowest BCUT2D eigenvalue weighted by Gasteiger charge is -2.53. The Labute approximate surface area is 145 Å². The number of hydrogen-bond acceptors (Lipinski definition) is 2. The zero-order valence-corrected chi connectivity index (χ0v) is 15.4. The number of aliphatic hydroxyl groups is 1. The van der Waals surface area contributed by atoms with Crippen LogP contribution >= 0.6 is 0 Å². The first-order chi connectivity index (χ1) is 11.6. The minimum absolute atomic E-state index is 0.316. The van der Waals surface area contributed by atoms with Crippen LogP contribution in [0.15, 0.2) is 24.3 Å². The highest BCUT2D eigenvalue weighted by Gasteiger charge is 2.47. The van der Waals surface area contributed by atoms with Gasteiger partial charge in [0.25, 0.3) is 0 Å². The Morgan fingerprint density at radius 2 is 2.00 bits per heavy atom. The van der Waals surface area contributed by atoms with Gasteiger partial charge in [-0.05, 0) is 43.4 Å². The molecule has 2 bridgehead atoms. The molecular formula is C21H30N2O. The SMILES string of the molecule is CC[C@@H](C)[C@@H]1C[C@H]2c3c(c4ccccc4n3C)C[C@@H]([C@@H]1CO)N2C. The Balaban J connectivity index is 1.86. The minimum atomic E-state index is 0.316. The maximum atomic E-state index is 10.2. The molecule has 3 nitrogen and oxygen atoms in total. The summed E-state index contributed by atoms with van der Waals surface area (Å²) in [6.07, 6.45) is 3.44. The van der Waals surface area contributed by atoms with Gasteiger partial charge in [0.1, 0.15) is 0 Å². The monoisotopic (exact) mass is 326 g/mol. The molecule has 1 aromatic carbocycles. The Hall–Kier alpha value is -1.32. The predicted molar refractivity (Wildman–Crippen MR) is 99.1 cm³/mol. The summed E-state index contributed by atoms with van der Waals surface area (Å²) in [6.45, 7) is 4.98. The zero-order valence-electron chi connectivity index (χ0n) is 15.4. The molecule has 130 valence electrons. The van der Waals surface area contributed by atoms with Crippen molar-refractivity contribution < 1.29 is 5.11 Å². The van der Waals surface area contributed by atoms with E-state index in [1.54, 1.807) is 0 Å². The van der Waals surface area contributed by atoms with Crippen LogP contribution in [0.4, 0.5) is 0 Å². The number of aryl methyl sites for hydroxylation is 1. The molecule has 4 rings (SSSR count). The number of likely N-dealkylation sites (N-methyl/N-ethyl adjacent to an activating group) is 1. The van der Waals surface area contributed by atoms with Crippen molar-refractivity contribution in [1.29, 1.82) is 0 Å². The lowest BCUT2D eigenvalue weighted by atomic mass is 9.66. The standard InChI is InChI=1S/C21H30N2O/c1-5-13(2)15-10-20-21-16(11-19(22(20)3)17(15)12-24)14-8-6-7-9-18(14)23(21)4/h6-9,13,15,17,19-20,24H,5,10-12H2,1-4H3/t13-,15+,17-,19+,20+/m1/s1. The molecule has 3 heterocycles. The molecule has 2 aliphatic heterocycles. The van der Waals surface area contributed by atoms with Crippen LogP contribution in [0.1, 0.15) is 44.0 Å². The van der Waals surface area contributed by atoms with Gasteiger partial charge in [-0.1, -0.05) is 38.5 Å². The molecule has 0 amide bonds. The largest absolute Gasteiger partial charge is 0.396 e. The molecule has 2 aromatic rings. The molecule has 0 aliphatic carbocycles. The Morgan fingerprint density at radius 3 is 2.71 bits per heavy atom. The number of fused-ring (bicyclic) bond motifs is 6. The number of para-hydroxylation sites is 1. The first kappa shape index (κ1) is 16.2. The summed E-state index contributed by atoms with van der Waals surface area (Å²) in [6, 6.07) is 9.76. The molecule has 2 aliphatic rings. The van der Waals surface area contributed by atoms with Gasteiger partial charge in [0.2, 0.25) is 0 Å². The number of aliphatic hydroxyl groups excluding tert-OH is 1. The van der Waals surface area contributed by atoms with Gasteiger partial charge >= 0.3 is 0 Å². The third kappa shape index (κ3) is 2.11. The van der Waals surface area contributed by atoms with Gasteiger partial charge in [-0.15, -0.1) is 0 Å². The summed E-state index contributed by atoms with van der Waals surface area (Å²) >= 11 is 0. The summed E-state index contributed by atoms with van der Waals surface area (Å²) < 4.78 is 2.43. The van der Waals surface area contributed by atoms with E-state index in [1.165, 1.54) is 35.0 Å². The molecule has 1 aromatic heterocycles. The highest BCUT2D eigenvalue weighted by molar-refractivity contribution is 5.86. The second-order valence-corrected chi connectivity index (χ2v) is 8.02. The first-order valence-electron chi connectivity index (χ1n) is 9.47. The number of hydrogen-bond donors (Lipinski definition) is 1. The number of nitrogens with zero attached hydrogens (tertiary/aromatic N) is 2. The van der Waals surface area contributed by atoms with Gasteiger partial charge in [0, 0.05) is 42.2 Å². The molecule has 3 heteroatoms. The first-order valence-corrected chi connectivity index (χ1v) is 9.47. The van der Waals surface area contributed by atoms with Gasteiger partial charge in [0.15, 0.2) is 0 Å². The minimum Gasteiger partial charge on any atom is -0.396 e. The second-order valence-electron chi connectivity index (χ2n) is 8.02. The van der Waals surface area contributed by atoms with E-state index in [0.29, 0.717) is 36.4 Å². The highest BCUT2D eigenvalue weighted by atomic mass is 16.3. The van der Waals surface area contributed by atoms with Crippen LogP contribution in [0.2, 0.25) is 0 Å². The summed E-state index contributed by atoms with van der Waals surface area (Å²) in [5.41, 5.74) is 4.39. The van der Waals surface area contributed by atoms with Crippen LogP contribution in [0, 0.1) is 17.8 Å². The van der Waals surface area contributed by atoms with Crippen molar-refractivity contribution in [3.05, 3.63) is 35.5 Å². The van der Waals surface area contributed by atoms with E-state index in [4.69, 9.17) is 0 Å². The van der Waals surface area contributed by atoms with Gasteiger partial charge < -0.3 is 9.67 Å². The molecular weight excluding hydrogens is 296 g/mol. The van der Waals surface area contributed by atoms with Crippen molar-refractivity contribution in [2.24, 2.45) is 24.8 Å². The second kappa shape index (κ2) is 5.89. The van der Waals surface area contributed by atoms with Crippen LogP contribution in [0.5, 0.6) is 0 Å². The maximum Gasteiger partial charge on any atom is 0.0506 e. The number of rotatable bonds is 3. The van der Waals surface area contributed by atoms with E-state index in [0.717, 1.165) is 6.42 Å². The molecule has 1 N–H and O–H groups in total. The van der Waals surface area contributed by atoms with Crippen LogP contribution < -0.4 is 0 Å². The van der Waals surface area contributed by atoms with Crippen molar-refractivity contribution in [2.45, 2.75) is 45.2 Å². The van der Waals surface area contributed by atoms with E-state index in [9.17, 15) is 5.11 Å². The average Bonchev–Trinajstić information content (AvgIpc) is 2.87. The summed E-state index contributed by atoms with van der Waals surface area (Å²) in [4.78, 5) is 2.56. The Morgan fingerprint density at radius 1 is 1.25 bits per heavy atom. The summed E-state index contributed by atoms with van der Waals surface area (Å²) in [5.74, 6) is 1.70. The van der Waals surface area contributed by atoms with Crippen molar-refractivity contribution in [3.63, 3.8) is 0 Å². The smallest absolute Gasteiger partial charge is 0.0506 e. The van der Waals surface area contributed by atoms with Crippen LogP contribution in [-0.4, -0.2) is 34.3 Å². The molecule has 1 saturated heterocycles. The van der Waals surface area contributed by atoms with E-state index in [2.05, 4.69) is 61.7 Å². The van der Waals surface area contributed by atoms with E-state index in [1.807, 2.05) is 0 Å². The van der Waals surface area contributed by atoms with Crippen molar-refractivity contribution in [2.75, 3.05) is 13.7 Å². The normalized spacial score (nSPS) is 31.2. The molecule has 0 radical (unpaired) electrons. The van der Waals surface area contributed by atoms with Crippen LogP contribution in [0.3, 0.4) is 0 Å². The fraction of sp³-hybridized carbons (Fsp3) is 0.619. The fourth-order valence-electron chi connectivity index (χ4n) is 5.57. The van der Waals surface area contributed by atoms with Gasteiger partial charge in [-0.25, -0.2) is 0 Å². The Bertz CT molecular complexity index is 750. The molecule has 0 spiro atoms. The van der Waals surface area contributed by atoms with E-state index in [-0.39, 0.29) is 0 Å². The lowest BCUT2D eigenvalue weighted by molar-refractivity contribution is -0.0371. The van der Waals surface area contributed by atoms with Gasteiger partial charge in [0.05, 0.1) is 6.04 Å². The topological polar surface area (TPSA) is 28.4 Å². The molecule has 0 saturated carbocycles. The molecule has 5 atom stereocenters. The third-order valence-electron chi connectivity index (χ3n) is 7.13. The van der Waals surface area contributed by atoms with Crippen molar-refractivity contribution >= 4 is 10.9 Å². The highest BCUT2D eigenvalue weighted by Crippen LogP contribution is 2.50. The Kier molecular flexibility index (Phi) is 3.97. The zero-order chi connectivity index (χ0) is 17.0. The van der Waals surface area contributed by atoms with Gasteiger partial charge in [-0.2, -0.15) is 0 Å². The molecule has 24 heavy (non-hydrogen) atoms. The fourth-order valence-corrected chi connectivity index (χ4v) is 5.57. The molecule has 0 unspecified atom stereocenters. The van der Waals surface area contributed by atoms with E-state index >= 15 is 0 Å². The average molecular weight is 326 g/mol. The lowest BCUT2D eigenvalue weighted by Crippen LogP contribution is -2.55. The van der Waals surface area contributed by atoms with Crippen molar-refractivity contribution in [3.8, 4) is 0 Å². The summed E-state index contributed by atoms with van der Waals surface area (Å²) in [5, 5.41) is 11.6. The van der Waals surface area contributed by atoms with Crippen LogP contribution in [-0.2, 0) is 13.5 Å².